The summed E-state index contributed by atoms with van der Waals surface area (Å²) < 4.78 is 1.43. The largest absolute Gasteiger partial charge is 0.324 e. The Morgan fingerprint density at radius 3 is 2.37 bits per heavy atom. The zero-order chi connectivity index (χ0) is 19.4. The summed E-state index contributed by atoms with van der Waals surface area (Å²) in [5, 5.41) is 19.9. The van der Waals surface area contributed by atoms with Gasteiger partial charge in [0.15, 0.2) is 0 Å². The molecule has 0 aliphatic carbocycles. The van der Waals surface area contributed by atoms with Gasteiger partial charge in [0.1, 0.15) is 18.7 Å². The van der Waals surface area contributed by atoms with Gasteiger partial charge in [-0.25, -0.2) is 9.67 Å². The molecule has 2 N–H and O–H groups in total. The highest BCUT2D eigenvalue weighted by atomic mass is 32.1. The van der Waals surface area contributed by atoms with E-state index in [1.54, 1.807) is 31.2 Å². The van der Waals surface area contributed by atoms with E-state index in [-0.39, 0.29) is 15.8 Å². The van der Waals surface area contributed by atoms with E-state index in [1.165, 1.54) is 29.5 Å². The Balaban J connectivity index is 1.60. The number of carbonyl (C=O) groups excluding carboxylic acids is 2. The van der Waals surface area contributed by atoms with Gasteiger partial charge in [-0.1, -0.05) is 11.3 Å². The molecule has 0 bridgehead atoms. The third-order valence-electron chi connectivity index (χ3n) is 3.62. The van der Waals surface area contributed by atoms with Crippen LogP contribution in [-0.4, -0.2) is 31.5 Å². The van der Waals surface area contributed by atoms with Crippen molar-refractivity contribution in [2.24, 2.45) is 0 Å². The number of carbonyl (C=O) groups is 2. The molecule has 10 nitrogen and oxygen atoms in total. The standard InChI is InChI=1S/C16H14N6O4S/c1-10(21-9-17-8-18-21)15(23)19-11-2-4-12(5-3-11)20-16(24)13-6-7-14(27-13)22(25)26/h2-10H,1H3,(H,19,23)(H,20,24). The minimum absolute atomic E-state index is 0.0975. The summed E-state index contributed by atoms with van der Waals surface area (Å²) in [5.41, 5.74) is 1.05. The van der Waals surface area contributed by atoms with Gasteiger partial charge in [-0.2, -0.15) is 5.10 Å². The number of benzene rings is 1. The first-order chi connectivity index (χ1) is 12.9. The van der Waals surface area contributed by atoms with Crippen molar-refractivity contribution in [3.63, 3.8) is 0 Å². The van der Waals surface area contributed by atoms with Crippen LogP contribution in [0.25, 0.3) is 0 Å². The van der Waals surface area contributed by atoms with Gasteiger partial charge in [-0.15, -0.1) is 0 Å². The number of nitrogens with one attached hydrogen (secondary N) is 2. The molecule has 0 fully saturated rings. The van der Waals surface area contributed by atoms with Gasteiger partial charge in [0.05, 0.1) is 9.80 Å². The van der Waals surface area contributed by atoms with E-state index >= 15 is 0 Å². The van der Waals surface area contributed by atoms with E-state index in [0.717, 1.165) is 11.3 Å². The zero-order valence-corrected chi connectivity index (χ0v) is 14.8. The van der Waals surface area contributed by atoms with Crippen molar-refractivity contribution in [2.45, 2.75) is 13.0 Å². The van der Waals surface area contributed by atoms with Crippen molar-refractivity contribution in [1.29, 1.82) is 0 Å². The normalized spacial score (nSPS) is 11.6. The maximum absolute atomic E-state index is 12.2. The van der Waals surface area contributed by atoms with Crippen molar-refractivity contribution in [1.82, 2.24) is 14.8 Å². The second kappa shape index (κ2) is 7.74. The SMILES string of the molecule is CC(C(=O)Nc1ccc(NC(=O)c2ccc([N+](=O)[O-])s2)cc1)n1cncn1. The molecule has 3 rings (SSSR count). The Hall–Kier alpha value is -3.60. The number of hydrogen-bond acceptors (Lipinski definition) is 7. The number of thiophene rings is 1. The minimum Gasteiger partial charge on any atom is -0.324 e. The molecule has 11 heteroatoms. The van der Waals surface area contributed by atoms with Crippen LogP contribution in [-0.2, 0) is 4.79 Å². The molecule has 0 aliphatic rings. The molecule has 2 aromatic heterocycles. The van der Waals surface area contributed by atoms with Gasteiger partial charge in [0, 0.05) is 17.4 Å². The molecule has 2 amide bonds. The lowest BCUT2D eigenvalue weighted by Gasteiger charge is -2.12. The lowest BCUT2D eigenvalue weighted by atomic mass is 10.2. The zero-order valence-electron chi connectivity index (χ0n) is 14.0. The van der Waals surface area contributed by atoms with Gasteiger partial charge < -0.3 is 10.6 Å². The quantitative estimate of drug-likeness (QED) is 0.494. The molecule has 27 heavy (non-hydrogen) atoms. The average molecular weight is 386 g/mol. The number of nitrogens with zero attached hydrogens (tertiary/aromatic N) is 4. The molecular formula is C16H14N6O4S. The summed E-state index contributed by atoms with van der Waals surface area (Å²) in [4.78, 5) is 38.5. The number of rotatable bonds is 6. The fourth-order valence-corrected chi connectivity index (χ4v) is 2.88. The Morgan fingerprint density at radius 1 is 1.15 bits per heavy atom. The van der Waals surface area contributed by atoms with E-state index in [1.807, 2.05) is 0 Å². The maximum atomic E-state index is 12.2. The summed E-state index contributed by atoms with van der Waals surface area (Å²) in [5.74, 6) is -0.701. The van der Waals surface area contributed by atoms with Crippen molar-refractivity contribution in [3.05, 3.63) is 64.0 Å². The highest BCUT2D eigenvalue weighted by Gasteiger charge is 2.17. The van der Waals surface area contributed by atoms with Crippen molar-refractivity contribution in [2.75, 3.05) is 10.6 Å². The predicted molar refractivity (Wildman–Crippen MR) is 98.7 cm³/mol. The van der Waals surface area contributed by atoms with Crippen LogP contribution in [0.5, 0.6) is 0 Å². The molecule has 0 saturated heterocycles. The lowest BCUT2D eigenvalue weighted by molar-refractivity contribution is -0.380. The average Bonchev–Trinajstić information content (AvgIpc) is 3.34. The summed E-state index contributed by atoms with van der Waals surface area (Å²) in [6.07, 6.45) is 2.81. The molecule has 0 spiro atoms. The summed E-state index contributed by atoms with van der Waals surface area (Å²) in [6, 6.07) is 8.68. The second-order valence-corrected chi connectivity index (χ2v) is 6.53. The first-order valence-corrected chi connectivity index (χ1v) is 8.56. The molecule has 2 heterocycles. The Morgan fingerprint density at radius 2 is 1.81 bits per heavy atom. The van der Waals surface area contributed by atoms with Crippen molar-refractivity contribution < 1.29 is 14.5 Å². The second-order valence-electron chi connectivity index (χ2n) is 5.47. The summed E-state index contributed by atoms with van der Waals surface area (Å²) in [6.45, 7) is 1.69. The first-order valence-electron chi connectivity index (χ1n) is 7.74. The Labute approximate surface area is 157 Å². The molecule has 1 unspecified atom stereocenters. The highest BCUT2D eigenvalue weighted by molar-refractivity contribution is 7.17. The molecule has 3 aromatic rings. The number of amides is 2. The third-order valence-corrected chi connectivity index (χ3v) is 4.65. The van der Waals surface area contributed by atoms with Crippen LogP contribution in [0.2, 0.25) is 0 Å². The predicted octanol–water partition coefficient (Wildman–Crippen LogP) is 2.70. The minimum atomic E-state index is -0.542. The molecule has 0 saturated carbocycles. The van der Waals surface area contributed by atoms with E-state index in [2.05, 4.69) is 20.7 Å². The van der Waals surface area contributed by atoms with Crippen LogP contribution in [0.3, 0.4) is 0 Å². The van der Waals surface area contributed by atoms with Gasteiger partial charge in [0.25, 0.3) is 5.91 Å². The number of nitro groups is 1. The van der Waals surface area contributed by atoms with Crippen LogP contribution in [0, 0.1) is 10.1 Å². The van der Waals surface area contributed by atoms with Crippen LogP contribution in [0.4, 0.5) is 16.4 Å². The topological polar surface area (TPSA) is 132 Å². The Bertz CT molecular complexity index is 967. The van der Waals surface area contributed by atoms with E-state index < -0.39 is 16.9 Å². The van der Waals surface area contributed by atoms with Crippen LogP contribution < -0.4 is 10.6 Å². The fraction of sp³-hybridized carbons (Fsp3) is 0.125. The lowest BCUT2D eigenvalue weighted by Crippen LogP contribution is -2.24. The van der Waals surface area contributed by atoms with E-state index in [4.69, 9.17) is 0 Å². The molecular weight excluding hydrogens is 372 g/mol. The summed E-state index contributed by atoms with van der Waals surface area (Å²) in [7, 11) is 0. The summed E-state index contributed by atoms with van der Waals surface area (Å²) >= 11 is 0.800. The van der Waals surface area contributed by atoms with Crippen LogP contribution >= 0.6 is 11.3 Å². The molecule has 138 valence electrons. The number of aromatic nitrogens is 3. The third kappa shape index (κ3) is 4.33. The van der Waals surface area contributed by atoms with E-state index in [9.17, 15) is 19.7 Å². The highest BCUT2D eigenvalue weighted by Crippen LogP contribution is 2.25. The van der Waals surface area contributed by atoms with Gasteiger partial charge >= 0.3 is 5.00 Å². The number of anilines is 2. The van der Waals surface area contributed by atoms with E-state index in [0.29, 0.717) is 11.4 Å². The monoisotopic (exact) mass is 386 g/mol. The maximum Gasteiger partial charge on any atom is 0.324 e. The molecule has 0 aliphatic heterocycles. The van der Waals surface area contributed by atoms with Crippen LogP contribution in [0.15, 0.2) is 49.1 Å². The van der Waals surface area contributed by atoms with Gasteiger partial charge in [0.2, 0.25) is 5.91 Å². The first kappa shape index (κ1) is 18.2. The van der Waals surface area contributed by atoms with Crippen molar-refractivity contribution in [3.8, 4) is 0 Å². The van der Waals surface area contributed by atoms with Crippen molar-refractivity contribution >= 4 is 39.5 Å². The van der Waals surface area contributed by atoms with Crippen LogP contribution in [0.1, 0.15) is 22.6 Å². The molecule has 1 aromatic carbocycles. The Kier molecular flexibility index (Phi) is 5.22. The number of hydrogen-bond donors (Lipinski definition) is 2. The van der Waals surface area contributed by atoms with Gasteiger partial charge in [-0.05, 0) is 37.3 Å². The fourth-order valence-electron chi connectivity index (χ4n) is 2.16. The smallest absolute Gasteiger partial charge is 0.324 e. The molecule has 1 atom stereocenters. The molecule has 0 radical (unpaired) electrons. The van der Waals surface area contributed by atoms with Gasteiger partial charge in [-0.3, -0.25) is 19.7 Å².